The zero-order valence-corrected chi connectivity index (χ0v) is 12.1. The molecule has 20 heavy (non-hydrogen) atoms. The lowest BCUT2D eigenvalue weighted by molar-refractivity contribution is 0.212. The first kappa shape index (κ1) is 15.1. The monoisotopic (exact) mass is 300 g/mol. The van der Waals surface area contributed by atoms with Gasteiger partial charge in [-0.25, -0.2) is 8.42 Å². The number of benzene rings is 1. The number of para-hydroxylation sites is 2. The van der Waals surface area contributed by atoms with Crippen molar-refractivity contribution in [2.45, 2.75) is 18.9 Å². The number of ether oxygens (including phenoxy) is 1. The summed E-state index contributed by atoms with van der Waals surface area (Å²) < 4.78 is 31.1. The third-order valence-corrected chi connectivity index (χ3v) is 5.29. The lowest BCUT2D eigenvalue weighted by Crippen LogP contribution is -2.40. The van der Waals surface area contributed by atoms with Crippen molar-refractivity contribution in [3.05, 3.63) is 24.3 Å². The number of aliphatic hydroxyl groups is 1. The number of nitrogens with zero attached hydrogens (tertiary/aromatic N) is 1. The van der Waals surface area contributed by atoms with Crippen LogP contribution in [0.2, 0.25) is 0 Å². The Morgan fingerprint density at radius 1 is 1.40 bits per heavy atom. The van der Waals surface area contributed by atoms with Crippen LogP contribution in [0.3, 0.4) is 0 Å². The summed E-state index contributed by atoms with van der Waals surface area (Å²) in [6.07, 6.45) is 1.50. The molecule has 1 unspecified atom stereocenters. The normalized spacial score (nSPS) is 20.1. The van der Waals surface area contributed by atoms with Gasteiger partial charge < -0.3 is 15.6 Å². The molecule has 1 heterocycles. The van der Waals surface area contributed by atoms with Crippen molar-refractivity contribution in [3.63, 3.8) is 0 Å². The highest BCUT2D eigenvalue weighted by molar-refractivity contribution is 7.89. The Hall–Kier alpha value is -1.31. The van der Waals surface area contributed by atoms with Gasteiger partial charge in [0.25, 0.3) is 0 Å². The molecular weight excluding hydrogens is 280 g/mol. The van der Waals surface area contributed by atoms with Crippen LogP contribution >= 0.6 is 0 Å². The number of sulfonamides is 1. The molecule has 6 nitrogen and oxygen atoms in total. The second kappa shape index (κ2) is 6.43. The number of rotatable bonds is 6. The largest absolute Gasteiger partial charge is 0.490 e. The summed E-state index contributed by atoms with van der Waals surface area (Å²) in [5.74, 6) is 0.375. The van der Waals surface area contributed by atoms with Crippen LogP contribution in [0.5, 0.6) is 5.75 Å². The minimum absolute atomic E-state index is 0.0468. The number of aliphatic hydroxyl groups excluding tert-OH is 1. The average Bonchev–Trinajstić information content (AvgIpc) is 2.90. The van der Waals surface area contributed by atoms with Crippen LogP contribution in [-0.4, -0.2) is 49.4 Å². The van der Waals surface area contributed by atoms with Crippen molar-refractivity contribution in [1.29, 1.82) is 0 Å². The van der Waals surface area contributed by atoms with E-state index in [1.807, 2.05) is 0 Å². The Morgan fingerprint density at radius 3 is 2.85 bits per heavy atom. The summed E-state index contributed by atoms with van der Waals surface area (Å²) in [4.78, 5) is 0. The van der Waals surface area contributed by atoms with Crippen molar-refractivity contribution >= 4 is 15.7 Å². The minimum Gasteiger partial charge on any atom is -0.490 e. The van der Waals surface area contributed by atoms with E-state index in [-0.39, 0.29) is 25.0 Å². The summed E-state index contributed by atoms with van der Waals surface area (Å²) in [5, 5.41) is 9.19. The first-order valence-electron chi connectivity index (χ1n) is 6.62. The predicted octanol–water partition coefficient (Wildman–Crippen LogP) is 0.434. The predicted molar refractivity (Wildman–Crippen MR) is 77.0 cm³/mol. The molecule has 7 heteroatoms. The van der Waals surface area contributed by atoms with Crippen LogP contribution in [0.1, 0.15) is 12.8 Å². The molecule has 2 rings (SSSR count). The molecule has 0 spiro atoms. The topological polar surface area (TPSA) is 92.9 Å². The molecule has 1 atom stereocenters. The maximum Gasteiger partial charge on any atom is 0.217 e. The molecule has 112 valence electrons. The molecule has 0 radical (unpaired) electrons. The highest BCUT2D eigenvalue weighted by atomic mass is 32.2. The smallest absolute Gasteiger partial charge is 0.217 e. The first-order chi connectivity index (χ1) is 9.54. The molecule has 1 saturated heterocycles. The van der Waals surface area contributed by atoms with Crippen molar-refractivity contribution in [2.75, 3.05) is 31.2 Å². The number of hydrogen-bond donors (Lipinski definition) is 2. The lowest BCUT2D eigenvalue weighted by atomic mass is 10.2. The summed E-state index contributed by atoms with van der Waals surface area (Å²) in [6.45, 7) is 0.387. The number of nitrogen functional groups attached to an aromatic ring is 1. The third kappa shape index (κ3) is 3.41. The zero-order valence-electron chi connectivity index (χ0n) is 11.2. The van der Waals surface area contributed by atoms with Gasteiger partial charge in [-0.2, -0.15) is 4.31 Å². The fourth-order valence-corrected chi connectivity index (χ4v) is 3.91. The number of anilines is 1. The van der Waals surface area contributed by atoms with Crippen molar-refractivity contribution in [2.24, 2.45) is 0 Å². The summed E-state index contributed by atoms with van der Waals surface area (Å²) in [7, 11) is -3.40. The summed E-state index contributed by atoms with van der Waals surface area (Å²) in [6, 6.07) is 6.68. The maximum absolute atomic E-state index is 12.2. The van der Waals surface area contributed by atoms with E-state index in [0.717, 1.165) is 6.42 Å². The van der Waals surface area contributed by atoms with Crippen LogP contribution in [-0.2, 0) is 10.0 Å². The molecule has 0 saturated carbocycles. The van der Waals surface area contributed by atoms with Crippen molar-refractivity contribution < 1.29 is 18.3 Å². The lowest BCUT2D eigenvalue weighted by Gasteiger charge is -2.22. The molecule has 0 bridgehead atoms. The maximum atomic E-state index is 12.2. The standard InChI is InChI=1S/C13H20N2O4S/c14-12-5-1-2-6-13(12)19-8-9-20(17,18)15-7-3-4-11(15)10-16/h1-2,5-6,11,16H,3-4,7-10,14H2. The van der Waals surface area contributed by atoms with Crippen LogP contribution in [0.15, 0.2) is 24.3 Å². The summed E-state index contributed by atoms with van der Waals surface area (Å²) in [5.41, 5.74) is 6.20. The highest BCUT2D eigenvalue weighted by Gasteiger charge is 2.33. The van der Waals surface area contributed by atoms with Crippen LogP contribution in [0.4, 0.5) is 5.69 Å². The van der Waals surface area contributed by atoms with Gasteiger partial charge >= 0.3 is 0 Å². The molecule has 1 aliphatic heterocycles. The molecule has 3 N–H and O–H groups in total. The van der Waals surface area contributed by atoms with E-state index in [0.29, 0.717) is 24.4 Å². The molecule has 1 aliphatic rings. The number of nitrogens with two attached hydrogens (primary N) is 1. The van der Waals surface area contributed by atoms with Crippen LogP contribution in [0.25, 0.3) is 0 Å². The van der Waals surface area contributed by atoms with E-state index in [4.69, 9.17) is 10.5 Å². The second-order valence-corrected chi connectivity index (χ2v) is 6.83. The Labute approximate surface area is 119 Å². The van der Waals surface area contributed by atoms with Gasteiger partial charge in [0.1, 0.15) is 12.4 Å². The summed E-state index contributed by atoms with van der Waals surface area (Å²) >= 11 is 0. The van der Waals surface area contributed by atoms with E-state index >= 15 is 0 Å². The van der Waals surface area contributed by atoms with Gasteiger partial charge in [-0.3, -0.25) is 0 Å². The van der Waals surface area contributed by atoms with E-state index in [9.17, 15) is 13.5 Å². The van der Waals surface area contributed by atoms with Crippen molar-refractivity contribution in [3.8, 4) is 5.75 Å². The Bertz CT molecular complexity index is 547. The Kier molecular flexibility index (Phi) is 4.85. The van der Waals surface area contributed by atoms with Gasteiger partial charge in [0, 0.05) is 12.6 Å². The fourth-order valence-electron chi connectivity index (χ4n) is 2.34. The molecule has 1 aromatic carbocycles. The van der Waals surface area contributed by atoms with Gasteiger partial charge in [-0.05, 0) is 25.0 Å². The van der Waals surface area contributed by atoms with Gasteiger partial charge in [0.2, 0.25) is 10.0 Å². The van der Waals surface area contributed by atoms with E-state index in [2.05, 4.69) is 0 Å². The SMILES string of the molecule is Nc1ccccc1OCCS(=O)(=O)N1CCCC1CO. The quantitative estimate of drug-likeness (QED) is 0.743. The van der Waals surface area contributed by atoms with Gasteiger partial charge in [-0.15, -0.1) is 0 Å². The van der Waals surface area contributed by atoms with Crippen LogP contribution in [0, 0.1) is 0 Å². The van der Waals surface area contributed by atoms with E-state index in [1.54, 1.807) is 24.3 Å². The molecule has 0 aromatic heterocycles. The Balaban J connectivity index is 1.91. The first-order valence-corrected chi connectivity index (χ1v) is 8.23. The molecular formula is C13H20N2O4S. The van der Waals surface area contributed by atoms with Gasteiger partial charge in [0.15, 0.2) is 0 Å². The van der Waals surface area contributed by atoms with Crippen molar-refractivity contribution in [1.82, 2.24) is 4.31 Å². The van der Waals surface area contributed by atoms with Crippen LogP contribution < -0.4 is 10.5 Å². The molecule has 0 aliphatic carbocycles. The average molecular weight is 300 g/mol. The van der Waals surface area contributed by atoms with Gasteiger partial charge in [-0.1, -0.05) is 12.1 Å². The number of hydrogen-bond acceptors (Lipinski definition) is 5. The second-order valence-electron chi connectivity index (χ2n) is 4.79. The zero-order chi connectivity index (χ0) is 14.6. The molecule has 1 fully saturated rings. The Morgan fingerprint density at radius 2 is 2.15 bits per heavy atom. The minimum atomic E-state index is -3.40. The van der Waals surface area contributed by atoms with Gasteiger partial charge in [0.05, 0.1) is 18.0 Å². The molecule has 1 aromatic rings. The highest BCUT2D eigenvalue weighted by Crippen LogP contribution is 2.22. The van der Waals surface area contributed by atoms with E-state index < -0.39 is 10.0 Å². The molecule has 0 amide bonds. The third-order valence-electron chi connectivity index (χ3n) is 3.41. The fraction of sp³-hybridized carbons (Fsp3) is 0.538. The van der Waals surface area contributed by atoms with E-state index in [1.165, 1.54) is 4.31 Å².